The first kappa shape index (κ1) is 18.6. The summed E-state index contributed by atoms with van der Waals surface area (Å²) in [4.78, 5) is 12.3. The Bertz CT molecular complexity index is 781. The van der Waals surface area contributed by atoms with Gasteiger partial charge in [-0.05, 0) is 47.9 Å². The van der Waals surface area contributed by atoms with E-state index in [-0.39, 0.29) is 16.9 Å². The Morgan fingerprint density at radius 3 is 2.12 bits per heavy atom. The molecule has 25 heavy (non-hydrogen) atoms. The van der Waals surface area contributed by atoms with Gasteiger partial charge < -0.3 is 14.6 Å². The summed E-state index contributed by atoms with van der Waals surface area (Å²) in [5.74, 6) is 1.38. The van der Waals surface area contributed by atoms with Crippen LogP contribution < -0.4 is 9.47 Å². The van der Waals surface area contributed by atoms with Crippen molar-refractivity contribution in [2.24, 2.45) is 0 Å². The van der Waals surface area contributed by atoms with Gasteiger partial charge in [-0.2, -0.15) is 0 Å². The summed E-state index contributed by atoms with van der Waals surface area (Å²) in [6.45, 7) is 6.31. The van der Waals surface area contributed by atoms with Crippen molar-refractivity contribution in [2.45, 2.75) is 26.2 Å². The molecule has 0 saturated carbocycles. The number of benzene rings is 2. The van der Waals surface area contributed by atoms with Gasteiger partial charge in [0, 0.05) is 22.8 Å². The minimum atomic E-state index is -0.143. The second-order valence-electron chi connectivity index (χ2n) is 6.79. The van der Waals surface area contributed by atoms with Gasteiger partial charge in [0.05, 0.1) is 14.2 Å². The number of ether oxygens (including phenoxy) is 2. The van der Waals surface area contributed by atoms with Crippen LogP contribution in [0.4, 0.5) is 0 Å². The Balaban J connectivity index is 2.40. The van der Waals surface area contributed by atoms with Gasteiger partial charge >= 0.3 is 0 Å². The summed E-state index contributed by atoms with van der Waals surface area (Å²) in [5, 5.41) is 9.31. The lowest BCUT2D eigenvalue weighted by Gasteiger charge is -2.23. The number of hydrogen-bond acceptors (Lipinski definition) is 4. The third-order valence-corrected chi connectivity index (χ3v) is 3.93. The Morgan fingerprint density at radius 2 is 1.60 bits per heavy atom. The molecule has 0 saturated heterocycles. The zero-order chi connectivity index (χ0) is 18.6. The van der Waals surface area contributed by atoms with Crippen LogP contribution in [0.25, 0.3) is 6.08 Å². The maximum absolute atomic E-state index is 12.3. The number of allylic oxidation sites excluding steroid dienone is 1. The standard InChI is InChI=1S/C21H24O4/c1-21(2,3)17-12-15(19(24-4)13-20(17)25-5)8-11-18(23)14-6-9-16(22)10-7-14/h6-13,22H,1-5H3/b11-8+. The summed E-state index contributed by atoms with van der Waals surface area (Å²) in [5.41, 5.74) is 2.24. The highest BCUT2D eigenvalue weighted by atomic mass is 16.5. The molecule has 0 aliphatic carbocycles. The first-order valence-corrected chi connectivity index (χ1v) is 8.04. The van der Waals surface area contributed by atoms with Crippen LogP contribution >= 0.6 is 0 Å². The first-order chi connectivity index (χ1) is 11.8. The number of carbonyl (C=O) groups excluding carboxylic acids is 1. The monoisotopic (exact) mass is 340 g/mol. The molecule has 0 atom stereocenters. The maximum Gasteiger partial charge on any atom is 0.185 e. The first-order valence-electron chi connectivity index (χ1n) is 8.04. The molecule has 2 aromatic carbocycles. The summed E-state index contributed by atoms with van der Waals surface area (Å²) in [7, 11) is 3.22. The Kier molecular flexibility index (Phi) is 5.52. The Morgan fingerprint density at radius 1 is 1.00 bits per heavy atom. The maximum atomic E-state index is 12.3. The molecule has 0 aromatic heterocycles. The minimum Gasteiger partial charge on any atom is -0.508 e. The predicted octanol–water partition coefficient (Wildman–Crippen LogP) is 4.60. The fraction of sp³-hybridized carbons (Fsp3) is 0.286. The molecule has 0 bridgehead atoms. The van der Waals surface area contributed by atoms with E-state index in [9.17, 15) is 9.90 Å². The third-order valence-electron chi connectivity index (χ3n) is 3.93. The minimum absolute atomic E-state index is 0.110. The highest BCUT2D eigenvalue weighted by Gasteiger charge is 2.21. The van der Waals surface area contributed by atoms with Crippen LogP contribution in [0.5, 0.6) is 17.2 Å². The average Bonchev–Trinajstić information content (AvgIpc) is 2.58. The predicted molar refractivity (Wildman–Crippen MR) is 99.7 cm³/mol. The van der Waals surface area contributed by atoms with Gasteiger partial charge in [-0.1, -0.05) is 20.8 Å². The Hall–Kier alpha value is -2.75. The largest absolute Gasteiger partial charge is 0.508 e. The second-order valence-corrected chi connectivity index (χ2v) is 6.79. The molecule has 2 rings (SSSR count). The lowest BCUT2D eigenvalue weighted by atomic mass is 9.85. The molecule has 1 N–H and O–H groups in total. The van der Waals surface area contributed by atoms with Crippen LogP contribution in [0.2, 0.25) is 0 Å². The van der Waals surface area contributed by atoms with E-state index in [4.69, 9.17) is 9.47 Å². The quantitative estimate of drug-likeness (QED) is 0.638. The van der Waals surface area contributed by atoms with Crippen LogP contribution in [-0.2, 0) is 5.41 Å². The summed E-state index contributed by atoms with van der Waals surface area (Å²) < 4.78 is 10.9. The van der Waals surface area contributed by atoms with E-state index in [1.807, 2.05) is 12.1 Å². The number of carbonyl (C=O) groups is 1. The molecular weight excluding hydrogens is 316 g/mol. The number of phenols is 1. The van der Waals surface area contributed by atoms with E-state index in [1.165, 1.54) is 18.2 Å². The SMILES string of the molecule is COc1cc(OC)c(C(C)(C)C)cc1/C=C/C(=O)c1ccc(O)cc1. The molecule has 132 valence electrons. The summed E-state index contributed by atoms with van der Waals surface area (Å²) in [6, 6.07) is 9.99. The van der Waals surface area contributed by atoms with E-state index in [2.05, 4.69) is 20.8 Å². The number of methoxy groups -OCH3 is 2. The van der Waals surface area contributed by atoms with Gasteiger partial charge in [-0.15, -0.1) is 0 Å². The lowest BCUT2D eigenvalue weighted by Crippen LogP contribution is -2.13. The zero-order valence-corrected chi connectivity index (χ0v) is 15.3. The molecule has 0 aliphatic heterocycles. The van der Waals surface area contributed by atoms with E-state index in [1.54, 1.807) is 32.4 Å². The van der Waals surface area contributed by atoms with Gasteiger partial charge in [0.2, 0.25) is 0 Å². The lowest BCUT2D eigenvalue weighted by molar-refractivity contribution is 0.104. The number of phenolic OH excluding ortho intramolecular Hbond substituents is 1. The molecule has 0 radical (unpaired) electrons. The number of ketones is 1. The van der Waals surface area contributed by atoms with E-state index in [0.717, 1.165) is 16.9 Å². The fourth-order valence-corrected chi connectivity index (χ4v) is 2.53. The molecule has 0 unspecified atom stereocenters. The molecule has 2 aromatic rings. The van der Waals surface area contributed by atoms with Crippen LogP contribution in [0.15, 0.2) is 42.5 Å². The van der Waals surface area contributed by atoms with Crippen molar-refractivity contribution in [2.75, 3.05) is 14.2 Å². The normalized spacial score (nSPS) is 11.6. The topological polar surface area (TPSA) is 55.8 Å². The van der Waals surface area contributed by atoms with Crippen molar-refractivity contribution in [3.63, 3.8) is 0 Å². The highest BCUT2D eigenvalue weighted by Crippen LogP contribution is 2.37. The molecule has 0 spiro atoms. The van der Waals surface area contributed by atoms with Crippen LogP contribution in [0, 0.1) is 0 Å². The van der Waals surface area contributed by atoms with E-state index in [0.29, 0.717) is 11.3 Å². The molecule has 0 heterocycles. The smallest absolute Gasteiger partial charge is 0.185 e. The summed E-state index contributed by atoms with van der Waals surface area (Å²) >= 11 is 0. The zero-order valence-electron chi connectivity index (χ0n) is 15.3. The van der Waals surface area contributed by atoms with Crippen molar-refractivity contribution in [3.05, 3.63) is 59.2 Å². The van der Waals surface area contributed by atoms with Crippen molar-refractivity contribution in [3.8, 4) is 17.2 Å². The highest BCUT2D eigenvalue weighted by molar-refractivity contribution is 6.07. The van der Waals surface area contributed by atoms with Crippen LogP contribution in [0.3, 0.4) is 0 Å². The molecule has 4 nitrogen and oxygen atoms in total. The molecule has 0 amide bonds. The van der Waals surface area contributed by atoms with Crippen molar-refractivity contribution in [1.82, 2.24) is 0 Å². The molecule has 0 aliphatic rings. The second kappa shape index (κ2) is 7.43. The van der Waals surface area contributed by atoms with Crippen LogP contribution in [-0.4, -0.2) is 25.1 Å². The van der Waals surface area contributed by atoms with Crippen molar-refractivity contribution < 1.29 is 19.4 Å². The van der Waals surface area contributed by atoms with Crippen molar-refractivity contribution in [1.29, 1.82) is 0 Å². The van der Waals surface area contributed by atoms with Gasteiger partial charge in [0.25, 0.3) is 0 Å². The van der Waals surface area contributed by atoms with E-state index >= 15 is 0 Å². The molecular formula is C21H24O4. The number of rotatable bonds is 5. The molecule has 0 fully saturated rings. The van der Waals surface area contributed by atoms with Gasteiger partial charge in [0.1, 0.15) is 17.2 Å². The van der Waals surface area contributed by atoms with E-state index < -0.39 is 0 Å². The average molecular weight is 340 g/mol. The fourth-order valence-electron chi connectivity index (χ4n) is 2.53. The summed E-state index contributed by atoms with van der Waals surface area (Å²) in [6.07, 6.45) is 3.24. The number of hydrogen-bond donors (Lipinski definition) is 1. The number of aromatic hydroxyl groups is 1. The van der Waals surface area contributed by atoms with Crippen molar-refractivity contribution >= 4 is 11.9 Å². The van der Waals surface area contributed by atoms with Gasteiger partial charge in [0.15, 0.2) is 5.78 Å². The van der Waals surface area contributed by atoms with Crippen LogP contribution in [0.1, 0.15) is 42.3 Å². The molecule has 4 heteroatoms. The third kappa shape index (κ3) is 4.41. The Labute approximate surface area is 148 Å². The van der Waals surface area contributed by atoms with Gasteiger partial charge in [-0.3, -0.25) is 4.79 Å². The van der Waals surface area contributed by atoms with Gasteiger partial charge in [-0.25, -0.2) is 0 Å².